The van der Waals surface area contributed by atoms with E-state index in [-0.39, 0.29) is 0 Å². The molecule has 1 rings (SSSR count). The molecule has 5 N–H and O–H groups in total. The minimum absolute atomic E-state index is 0.467. The van der Waals surface area contributed by atoms with E-state index in [9.17, 15) is 23.2 Å². The smallest absolute Gasteiger partial charge is 0.326 e. The summed E-state index contributed by atoms with van der Waals surface area (Å²) in [5.41, 5.74) is 4.35. The SMILES string of the molecule is NC(=O)C[C@H](NC(=O)Nc1cccc(F)c1F)C(=O)O. The van der Waals surface area contributed by atoms with Gasteiger partial charge in [-0.05, 0) is 12.1 Å². The van der Waals surface area contributed by atoms with Crippen LogP contribution >= 0.6 is 0 Å². The van der Waals surface area contributed by atoms with E-state index in [2.05, 4.69) is 0 Å². The number of benzene rings is 1. The number of carboxylic acids is 1. The lowest BCUT2D eigenvalue weighted by Gasteiger charge is -2.14. The fourth-order valence-corrected chi connectivity index (χ4v) is 1.32. The molecule has 3 amide bonds. The van der Waals surface area contributed by atoms with Crippen molar-refractivity contribution in [2.75, 3.05) is 5.32 Å². The molecule has 0 spiro atoms. The molecule has 1 aromatic carbocycles. The molecular formula is C11H11F2N3O4. The van der Waals surface area contributed by atoms with Crippen molar-refractivity contribution in [3.05, 3.63) is 29.8 Å². The molecule has 1 aromatic rings. The quantitative estimate of drug-likeness (QED) is 0.626. The van der Waals surface area contributed by atoms with Gasteiger partial charge in [-0.25, -0.2) is 18.4 Å². The molecule has 0 radical (unpaired) electrons. The van der Waals surface area contributed by atoms with E-state index >= 15 is 0 Å². The molecule has 0 heterocycles. The van der Waals surface area contributed by atoms with Gasteiger partial charge in [0.1, 0.15) is 6.04 Å². The zero-order valence-electron chi connectivity index (χ0n) is 10.0. The Kier molecular flexibility index (Phi) is 4.95. The summed E-state index contributed by atoms with van der Waals surface area (Å²) in [7, 11) is 0. The Bertz CT molecular complexity index is 550. The van der Waals surface area contributed by atoms with Gasteiger partial charge in [0.2, 0.25) is 5.91 Å². The molecule has 0 unspecified atom stereocenters. The Morgan fingerprint density at radius 2 is 1.95 bits per heavy atom. The average molecular weight is 287 g/mol. The Balaban J connectivity index is 2.73. The molecule has 0 aliphatic carbocycles. The van der Waals surface area contributed by atoms with Gasteiger partial charge in [0.25, 0.3) is 0 Å². The van der Waals surface area contributed by atoms with E-state index in [0.29, 0.717) is 0 Å². The van der Waals surface area contributed by atoms with Gasteiger partial charge in [-0.15, -0.1) is 0 Å². The Hall–Kier alpha value is -2.71. The standard InChI is InChI=1S/C11H11F2N3O4/c12-5-2-1-3-6(9(5)13)15-11(20)16-7(10(18)19)4-8(14)17/h1-3,7H,4H2,(H2,14,17)(H,18,19)(H2,15,16,20)/t7-/m0/s1. The molecule has 0 bridgehead atoms. The fraction of sp³-hybridized carbons (Fsp3) is 0.182. The summed E-state index contributed by atoms with van der Waals surface area (Å²) in [4.78, 5) is 32.8. The second-order valence-corrected chi connectivity index (χ2v) is 3.76. The van der Waals surface area contributed by atoms with Crippen LogP contribution in [0.15, 0.2) is 18.2 Å². The monoisotopic (exact) mass is 287 g/mol. The van der Waals surface area contributed by atoms with E-state index in [4.69, 9.17) is 10.8 Å². The number of carbonyl (C=O) groups excluding carboxylic acids is 2. The number of carbonyl (C=O) groups is 3. The number of halogens is 2. The van der Waals surface area contributed by atoms with Crippen LogP contribution in [0, 0.1) is 11.6 Å². The predicted octanol–water partition coefficient (Wildman–Crippen LogP) is 0.415. The van der Waals surface area contributed by atoms with Gasteiger partial charge >= 0.3 is 12.0 Å². The number of amides is 3. The predicted molar refractivity (Wildman–Crippen MR) is 63.7 cm³/mol. The number of nitrogens with one attached hydrogen (secondary N) is 2. The lowest BCUT2D eigenvalue weighted by Crippen LogP contribution is -2.45. The van der Waals surface area contributed by atoms with E-state index in [0.717, 1.165) is 18.2 Å². The molecule has 9 heteroatoms. The second kappa shape index (κ2) is 6.45. The molecular weight excluding hydrogens is 276 g/mol. The van der Waals surface area contributed by atoms with Crippen LogP contribution in [0.3, 0.4) is 0 Å². The number of rotatable bonds is 5. The van der Waals surface area contributed by atoms with Crippen LogP contribution in [0.1, 0.15) is 6.42 Å². The van der Waals surface area contributed by atoms with Crippen LogP contribution in [-0.2, 0) is 9.59 Å². The van der Waals surface area contributed by atoms with Crippen LogP contribution in [-0.4, -0.2) is 29.1 Å². The lowest BCUT2D eigenvalue weighted by molar-refractivity contribution is -0.140. The molecule has 0 saturated carbocycles. The number of carboxylic acid groups (broad SMARTS) is 1. The van der Waals surface area contributed by atoms with Crippen molar-refractivity contribution in [1.82, 2.24) is 5.32 Å². The van der Waals surface area contributed by atoms with E-state index < -0.39 is 47.7 Å². The highest BCUT2D eigenvalue weighted by Gasteiger charge is 2.22. The number of nitrogens with two attached hydrogens (primary N) is 1. The molecule has 0 aromatic heterocycles. The summed E-state index contributed by atoms with van der Waals surface area (Å²) < 4.78 is 26.2. The summed E-state index contributed by atoms with van der Waals surface area (Å²) in [6.45, 7) is 0. The van der Waals surface area contributed by atoms with Crippen molar-refractivity contribution >= 4 is 23.6 Å². The Morgan fingerprint density at radius 1 is 1.30 bits per heavy atom. The summed E-state index contributed by atoms with van der Waals surface area (Å²) >= 11 is 0. The molecule has 0 aliphatic heterocycles. The van der Waals surface area contributed by atoms with Gasteiger partial charge in [-0.2, -0.15) is 0 Å². The van der Waals surface area contributed by atoms with Crippen molar-refractivity contribution in [3.63, 3.8) is 0 Å². The van der Waals surface area contributed by atoms with Crippen molar-refractivity contribution in [3.8, 4) is 0 Å². The Morgan fingerprint density at radius 3 is 2.50 bits per heavy atom. The fourth-order valence-electron chi connectivity index (χ4n) is 1.32. The van der Waals surface area contributed by atoms with Gasteiger partial charge in [0.15, 0.2) is 11.6 Å². The van der Waals surface area contributed by atoms with Crippen LogP contribution in [0.4, 0.5) is 19.3 Å². The first-order valence-electron chi connectivity index (χ1n) is 5.34. The maximum absolute atomic E-state index is 13.3. The summed E-state index contributed by atoms with van der Waals surface area (Å²) in [6.07, 6.45) is -0.631. The van der Waals surface area contributed by atoms with Crippen LogP contribution < -0.4 is 16.4 Å². The van der Waals surface area contributed by atoms with E-state index in [1.165, 1.54) is 0 Å². The van der Waals surface area contributed by atoms with Crippen molar-refractivity contribution in [2.24, 2.45) is 5.73 Å². The Labute approximate surface area is 111 Å². The maximum Gasteiger partial charge on any atom is 0.326 e. The highest BCUT2D eigenvalue weighted by Crippen LogP contribution is 2.16. The highest BCUT2D eigenvalue weighted by atomic mass is 19.2. The third-order valence-corrected chi connectivity index (χ3v) is 2.21. The van der Waals surface area contributed by atoms with Crippen LogP contribution in [0.2, 0.25) is 0 Å². The number of primary amides is 1. The lowest BCUT2D eigenvalue weighted by atomic mass is 10.2. The first-order valence-corrected chi connectivity index (χ1v) is 5.34. The van der Waals surface area contributed by atoms with Gasteiger partial charge in [0, 0.05) is 0 Å². The van der Waals surface area contributed by atoms with Gasteiger partial charge in [-0.1, -0.05) is 6.07 Å². The average Bonchev–Trinajstić information content (AvgIpc) is 2.33. The van der Waals surface area contributed by atoms with Crippen LogP contribution in [0.5, 0.6) is 0 Å². The summed E-state index contributed by atoms with van der Waals surface area (Å²) in [6, 6.07) is 0.423. The minimum atomic E-state index is -1.57. The molecule has 108 valence electrons. The molecule has 0 fully saturated rings. The normalized spacial score (nSPS) is 11.5. The maximum atomic E-state index is 13.3. The number of aliphatic carboxylic acids is 1. The van der Waals surface area contributed by atoms with Gasteiger partial charge in [-0.3, -0.25) is 4.79 Å². The zero-order chi connectivity index (χ0) is 15.3. The molecule has 7 nitrogen and oxygen atoms in total. The number of urea groups is 1. The van der Waals surface area contributed by atoms with Gasteiger partial charge < -0.3 is 21.5 Å². The summed E-state index contributed by atoms with van der Waals surface area (Å²) in [5.74, 6) is -4.88. The molecule has 0 saturated heterocycles. The third kappa shape index (κ3) is 4.19. The van der Waals surface area contributed by atoms with Gasteiger partial charge in [0.05, 0.1) is 12.1 Å². The van der Waals surface area contributed by atoms with Crippen molar-refractivity contribution < 1.29 is 28.3 Å². The molecule has 20 heavy (non-hydrogen) atoms. The van der Waals surface area contributed by atoms with E-state index in [1.54, 1.807) is 0 Å². The minimum Gasteiger partial charge on any atom is -0.480 e. The zero-order valence-corrected chi connectivity index (χ0v) is 10.0. The summed E-state index contributed by atoms with van der Waals surface area (Å²) in [5, 5.41) is 12.6. The van der Waals surface area contributed by atoms with Crippen molar-refractivity contribution in [1.29, 1.82) is 0 Å². The number of hydrogen-bond donors (Lipinski definition) is 4. The topological polar surface area (TPSA) is 122 Å². The first kappa shape index (κ1) is 15.3. The van der Waals surface area contributed by atoms with E-state index in [1.807, 2.05) is 10.6 Å². The van der Waals surface area contributed by atoms with Crippen molar-refractivity contribution in [2.45, 2.75) is 12.5 Å². The molecule has 1 atom stereocenters. The van der Waals surface area contributed by atoms with Crippen LogP contribution in [0.25, 0.3) is 0 Å². The first-order chi connectivity index (χ1) is 9.31. The number of hydrogen-bond acceptors (Lipinski definition) is 3. The number of anilines is 1. The third-order valence-electron chi connectivity index (χ3n) is 2.21. The second-order valence-electron chi connectivity index (χ2n) is 3.76. The largest absolute Gasteiger partial charge is 0.480 e. The molecule has 0 aliphatic rings. The highest BCUT2D eigenvalue weighted by molar-refractivity contribution is 5.93.